The lowest BCUT2D eigenvalue weighted by atomic mass is 10.0. The SMILES string of the molecule is Clc1cn(CC2CCOCC2)nc1C1CC1. The van der Waals surface area contributed by atoms with Crippen molar-refractivity contribution in [3.8, 4) is 0 Å². The first-order chi connectivity index (χ1) is 7.83. The van der Waals surface area contributed by atoms with Gasteiger partial charge in [0.1, 0.15) is 0 Å². The van der Waals surface area contributed by atoms with Crippen LogP contribution in [0.4, 0.5) is 0 Å². The molecule has 3 rings (SSSR count). The molecule has 0 bridgehead atoms. The zero-order chi connectivity index (χ0) is 11.0. The number of halogens is 1. The normalized spacial score (nSPS) is 22.6. The van der Waals surface area contributed by atoms with Gasteiger partial charge in [-0.15, -0.1) is 0 Å². The fourth-order valence-corrected chi connectivity index (χ4v) is 2.64. The van der Waals surface area contributed by atoms with E-state index in [0.29, 0.717) is 11.8 Å². The number of hydrogen-bond acceptors (Lipinski definition) is 2. The molecule has 1 aromatic heterocycles. The van der Waals surface area contributed by atoms with Gasteiger partial charge in [0.05, 0.1) is 10.7 Å². The molecule has 88 valence electrons. The van der Waals surface area contributed by atoms with Gasteiger partial charge in [0.15, 0.2) is 0 Å². The van der Waals surface area contributed by atoms with Crippen molar-refractivity contribution in [2.24, 2.45) is 5.92 Å². The van der Waals surface area contributed by atoms with Gasteiger partial charge in [0.2, 0.25) is 0 Å². The largest absolute Gasteiger partial charge is 0.381 e. The number of rotatable bonds is 3. The van der Waals surface area contributed by atoms with E-state index in [9.17, 15) is 0 Å². The average Bonchev–Trinajstić information content (AvgIpc) is 3.06. The van der Waals surface area contributed by atoms with Crippen molar-refractivity contribution in [1.29, 1.82) is 0 Å². The Balaban J connectivity index is 1.66. The second-order valence-corrected chi connectivity index (χ2v) is 5.32. The minimum atomic E-state index is 0.642. The fourth-order valence-electron chi connectivity index (χ4n) is 2.33. The molecule has 0 N–H and O–H groups in total. The molecule has 1 saturated heterocycles. The van der Waals surface area contributed by atoms with Gasteiger partial charge in [-0.1, -0.05) is 11.6 Å². The maximum atomic E-state index is 6.19. The van der Waals surface area contributed by atoms with E-state index < -0.39 is 0 Å². The third-order valence-electron chi connectivity index (χ3n) is 3.49. The highest BCUT2D eigenvalue weighted by molar-refractivity contribution is 6.31. The summed E-state index contributed by atoms with van der Waals surface area (Å²) in [7, 11) is 0. The second-order valence-electron chi connectivity index (χ2n) is 4.91. The average molecular weight is 241 g/mol. The van der Waals surface area contributed by atoms with Crippen LogP contribution in [0.1, 0.15) is 37.3 Å². The Kier molecular flexibility index (Phi) is 2.90. The minimum absolute atomic E-state index is 0.642. The Morgan fingerprint density at radius 3 is 2.75 bits per heavy atom. The predicted octanol–water partition coefficient (Wildman–Crippen LogP) is 2.84. The molecule has 0 amide bonds. The van der Waals surface area contributed by atoms with Crippen molar-refractivity contribution in [3.63, 3.8) is 0 Å². The van der Waals surface area contributed by atoms with Crippen molar-refractivity contribution in [3.05, 3.63) is 16.9 Å². The summed E-state index contributed by atoms with van der Waals surface area (Å²) in [6, 6.07) is 0. The van der Waals surface area contributed by atoms with Crippen LogP contribution in [0, 0.1) is 5.92 Å². The Morgan fingerprint density at radius 2 is 2.06 bits per heavy atom. The molecule has 1 aliphatic carbocycles. The van der Waals surface area contributed by atoms with Crippen molar-refractivity contribution in [2.75, 3.05) is 13.2 Å². The summed E-state index contributed by atoms with van der Waals surface area (Å²) in [5.41, 5.74) is 1.12. The Labute approximate surface area is 101 Å². The highest BCUT2D eigenvalue weighted by Gasteiger charge is 2.29. The monoisotopic (exact) mass is 240 g/mol. The summed E-state index contributed by atoms with van der Waals surface area (Å²) < 4.78 is 7.39. The van der Waals surface area contributed by atoms with E-state index in [1.807, 2.05) is 10.9 Å². The zero-order valence-corrected chi connectivity index (χ0v) is 10.1. The van der Waals surface area contributed by atoms with Crippen LogP contribution < -0.4 is 0 Å². The molecule has 2 aliphatic rings. The van der Waals surface area contributed by atoms with Gasteiger partial charge < -0.3 is 4.74 Å². The summed E-state index contributed by atoms with van der Waals surface area (Å²) in [5, 5.41) is 5.47. The Morgan fingerprint density at radius 1 is 1.31 bits per heavy atom. The minimum Gasteiger partial charge on any atom is -0.381 e. The molecule has 4 heteroatoms. The summed E-state index contributed by atoms with van der Waals surface area (Å²) in [4.78, 5) is 0. The van der Waals surface area contributed by atoms with Crippen LogP contribution in [-0.4, -0.2) is 23.0 Å². The van der Waals surface area contributed by atoms with Crippen LogP contribution in [0.3, 0.4) is 0 Å². The third-order valence-corrected chi connectivity index (χ3v) is 3.78. The molecule has 2 heterocycles. The van der Waals surface area contributed by atoms with Gasteiger partial charge in [-0.3, -0.25) is 4.68 Å². The van der Waals surface area contributed by atoms with Crippen LogP contribution in [0.15, 0.2) is 6.20 Å². The highest BCUT2D eigenvalue weighted by atomic mass is 35.5. The molecular formula is C12H17ClN2O. The lowest BCUT2D eigenvalue weighted by Gasteiger charge is -2.21. The summed E-state index contributed by atoms with van der Waals surface area (Å²) in [6.07, 6.45) is 6.80. The van der Waals surface area contributed by atoms with E-state index in [0.717, 1.165) is 43.3 Å². The number of ether oxygens (including phenoxy) is 1. The van der Waals surface area contributed by atoms with Gasteiger partial charge >= 0.3 is 0 Å². The fraction of sp³-hybridized carbons (Fsp3) is 0.750. The molecule has 2 fully saturated rings. The highest BCUT2D eigenvalue weighted by Crippen LogP contribution is 2.42. The van der Waals surface area contributed by atoms with Gasteiger partial charge in [0.25, 0.3) is 0 Å². The summed E-state index contributed by atoms with van der Waals surface area (Å²) in [6.45, 7) is 2.79. The standard InChI is InChI=1S/C12H17ClN2O/c13-11-8-15(14-12(11)10-1-2-10)7-9-3-5-16-6-4-9/h8-10H,1-7H2. The number of nitrogens with zero attached hydrogens (tertiary/aromatic N) is 2. The molecule has 3 nitrogen and oxygen atoms in total. The molecule has 16 heavy (non-hydrogen) atoms. The van der Waals surface area contributed by atoms with Crippen molar-refractivity contribution in [2.45, 2.75) is 38.1 Å². The van der Waals surface area contributed by atoms with E-state index in [1.54, 1.807) is 0 Å². The number of hydrogen-bond donors (Lipinski definition) is 0. The van der Waals surface area contributed by atoms with E-state index in [4.69, 9.17) is 16.3 Å². The third kappa shape index (κ3) is 2.25. The van der Waals surface area contributed by atoms with Crippen molar-refractivity contribution >= 4 is 11.6 Å². The first-order valence-electron chi connectivity index (χ1n) is 6.13. The van der Waals surface area contributed by atoms with Crippen LogP contribution in [0.25, 0.3) is 0 Å². The maximum Gasteiger partial charge on any atom is 0.0841 e. The molecule has 0 unspecified atom stereocenters. The predicted molar refractivity (Wildman–Crippen MR) is 62.8 cm³/mol. The lowest BCUT2D eigenvalue weighted by Crippen LogP contribution is -2.20. The molecule has 0 spiro atoms. The molecule has 1 saturated carbocycles. The van der Waals surface area contributed by atoms with E-state index in [-0.39, 0.29) is 0 Å². The quantitative estimate of drug-likeness (QED) is 0.813. The summed E-state index contributed by atoms with van der Waals surface area (Å²) >= 11 is 6.19. The molecular weight excluding hydrogens is 224 g/mol. The van der Waals surface area contributed by atoms with Crippen LogP contribution in [0.2, 0.25) is 5.02 Å². The van der Waals surface area contributed by atoms with Crippen LogP contribution in [-0.2, 0) is 11.3 Å². The topological polar surface area (TPSA) is 27.1 Å². The maximum absolute atomic E-state index is 6.19. The first kappa shape index (κ1) is 10.6. The summed E-state index contributed by atoms with van der Waals surface area (Å²) in [5.74, 6) is 1.35. The van der Waals surface area contributed by atoms with Gasteiger partial charge in [0, 0.05) is 31.9 Å². The Bertz CT molecular complexity index is 367. The van der Waals surface area contributed by atoms with E-state index in [1.165, 1.54) is 12.8 Å². The second kappa shape index (κ2) is 4.38. The van der Waals surface area contributed by atoms with E-state index in [2.05, 4.69) is 5.10 Å². The molecule has 0 radical (unpaired) electrons. The molecule has 1 aliphatic heterocycles. The smallest absolute Gasteiger partial charge is 0.0841 e. The molecule has 0 aromatic carbocycles. The molecule has 0 atom stereocenters. The van der Waals surface area contributed by atoms with E-state index >= 15 is 0 Å². The zero-order valence-electron chi connectivity index (χ0n) is 9.36. The van der Waals surface area contributed by atoms with Gasteiger partial charge in [-0.2, -0.15) is 5.10 Å². The van der Waals surface area contributed by atoms with Gasteiger partial charge in [-0.25, -0.2) is 0 Å². The van der Waals surface area contributed by atoms with Gasteiger partial charge in [-0.05, 0) is 31.6 Å². The number of aromatic nitrogens is 2. The van der Waals surface area contributed by atoms with Crippen molar-refractivity contribution in [1.82, 2.24) is 9.78 Å². The lowest BCUT2D eigenvalue weighted by molar-refractivity contribution is 0.0601. The first-order valence-corrected chi connectivity index (χ1v) is 6.51. The van der Waals surface area contributed by atoms with Crippen LogP contribution >= 0.6 is 11.6 Å². The Hall–Kier alpha value is -0.540. The van der Waals surface area contributed by atoms with Crippen LogP contribution in [0.5, 0.6) is 0 Å². The molecule has 1 aromatic rings. The van der Waals surface area contributed by atoms with Crippen molar-refractivity contribution < 1.29 is 4.74 Å².